The summed E-state index contributed by atoms with van der Waals surface area (Å²) in [6.07, 6.45) is 2.54. The van der Waals surface area contributed by atoms with E-state index in [1.165, 1.54) is 24.3 Å². The van der Waals surface area contributed by atoms with Crippen LogP contribution >= 0.6 is 24.2 Å². The molecule has 0 bridgehead atoms. The van der Waals surface area contributed by atoms with E-state index >= 15 is 0 Å². The molecule has 90 valence electrons. The molecule has 0 aromatic rings. The topological polar surface area (TPSA) is 21.3 Å². The Balaban J connectivity index is 0.00000112. The summed E-state index contributed by atoms with van der Waals surface area (Å²) in [5.41, 5.74) is 0.0829. The summed E-state index contributed by atoms with van der Waals surface area (Å²) >= 11 is 2.08. The van der Waals surface area contributed by atoms with E-state index in [0.717, 1.165) is 12.5 Å². The van der Waals surface area contributed by atoms with E-state index in [0.29, 0.717) is 0 Å². The lowest BCUT2D eigenvalue weighted by Crippen LogP contribution is -2.47. The fourth-order valence-corrected chi connectivity index (χ4v) is 3.82. The first-order valence-corrected chi connectivity index (χ1v) is 6.66. The molecule has 0 amide bonds. The zero-order chi connectivity index (χ0) is 10.2. The number of ether oxygens (including phenoxy) is 1. The van der Waals surface area contributed by atoms with Crippen LogP contribution in [0.5, 0.6) is 0 Å². The summed E-state index contributed by atoms with van der Waals surface area (Å²) in [5, 5.41) is 3.60. The minimum absolute atomic E-state index is 0. The number of hydrogen-bond donors (Lipinski definition) is 1. The smallest absolute Gasteiger partial charge is 0.117 e. The molecule has 2 aliphatic rings. The van der Waals surface area contributed by atoms with Gasteiger partial charge in [0.05, 0.1) is 6.61 Å². The van der Waals surface area contributed by atoms with Gasteiger partial charge in [0.1, 0.15) is 5.72 Å². The third-order valence-corrected chi connectivity index (χ3v) is 4.29. The van der Waals surface area contributed by atoms with Crippen molar-refractivity contribution in [3.63, 3.8) is 0 Å². The number of halogens is 1. The molecule has 15 heavy (non-hydrogen) atoms. The molecular formula is C11H22ClNOS. The van der Waals surface area contributed by atoms with Gasteiger partial charge in [0, 0.05) is 5.54 Å². The Morgan fingerprint density at radius 3 is 2.60 bits per heavy atom. The number of hydrogen-bond acceptors (Lipinski definition) is 3. The lowest BCUT2D eigenvalue weighted by molar-refractivity contribution is -0.0111. The Morgan fingerprint density at radius 2 is 2.13 bits per heavy atom. The number of nitrogens with one attached hydrogen (secondary N) is 1. The molecule has 0 aliphatic carbocycles. The van der Waals surface area contributed by atoms with Gasteiger partial charge in [-0.2, -0.15) is 11.8 Å². The normalized spacial score (nSPS) is 39.0. The van der Waals surface area contributed by atoms with Crippen LogP contribution in [-0.4, -0.2) is 29.4 Å². The SMILES string of the molecule is CC1(C)COC(C)(CC2CCSC2)N1.Cl. The molecule has 2 unspecified atom stereocenters. The van der Waals surface area contributed by atoms with Crippen molar-refractivity contribution < 1.29 is 4.74 Å². The first-order chi connectivity index (χ1) is 6.49. The third-order valence-electron chi connectivity index (χ3n) is 3.06. The summed E-state index contributed by atoms with van der Waals surface area (Å²) in [6.45, 7) is 7.46. The summed E-state index contributed by atoms with van der Waals surface area (Å²) in [5.74, 6) is 3.51. The van der Waals surface area contributed by atoms with Crippen LogP contribution < -0.4 is 5.32 Å². The van der Waals surface area contributed by atoms with Gasteiger partial charge in [0.2, 0.25) is 0 Å². The standard InChI is InChI=1S/C11H21NOS.ClH/c1-10(2)8-13-11(3,12-10)6-9-4-5-14-7-9;/h9,12H,4-8H2,1-3H3;1H. The molecule has 2 nitrogen and oxygen atoms in total. The molecule has 2 heterocycles. The van der Waals surface area contributed by atoms with Crippen LogP contribution in [0.3, 0.4) is 0 Å². The predicted octanol–water partition coefficient (Wildman–Crippen LogP) is 2.67. The minimum Gasteiger partial charge on any atom is -0.359 e. The van der Waals surface area contributed by atoms with Gasteiger partial charge in [-0.25, -0.2) is 0 Å². The van der Waals surface area contributed by atoms with Crippen molar-refractivity contribution in [2.45, 2.75) is 44.9 Å². The predicted molar refractivity (Wildman–Crippen MR) is 68.9 cm³/mol. The summed E-state index contributed by atoms with van der Waals surface area (Å²) in [7, 11) is 0. The molecule has 0 aromatic carbocycles. The molecule has 2 rings (SSSR count). The maximum absolute atomic E-state index is 5.90. The molecule has 0 radical (unpaired) electrons. The Bertz CT molecular complexity index is 219. The van der Waals surface area contributed by atoms with Crippen LogP contribution in [0.25, 0.3) is 0 Å². The van der Waals surface area contributed by atoms with Crippen molar-refractivity contribution in [3.05, 3.63) is 0 Å². The van der Waals surface area contributed by atoms with Crippen LogP contribution in [0, 0.1) is 5.92 Å². The van der Waals surface area contributed by atoms with E-state index in [4.69, 9.17) is 4.74 Å². The van der Waals surface area contributed by atoms with Gasteiger partial charge in [-0.3, -0.25) is 5.32 Å². The maximum Gasteiger partial charge on any atom is 0.117 e. The zero-order valence-electron chi connectivity index (χ0n) is 9.84. The monoisotopic (exact) mass is 251 g/mol. The van der Waals surface area contributed by atoms with Crippen molar-refractivity contribution >= 4 is 24.2 Å². The molecule has 2 saturated heterocycles. The van der Waals surface area contributed by atoms with Crippen molar-refractivity contribution in [3.8, 4) is 0 Å². The van der Waals surface area contributed by atoms with Crippen LogP contribution in [0.2, 0.25) is 0 Å². The Hall–Kier alpha value is 0.560. The van der Waals surface area contributed by atoms with Crippen molar-refractivity contribution in [1.29, 1.82) is 0 Å². The molecular weight excluding hydrogens is 230 g/mol. The van der Waals surface area contributed by atoms with E-state index in [2.05, 4.69) is 37.8 Å². The lowest BCUT2D eigenvalue weighted by Gasteiger charge is -2.29. The van der Waals surface area contributed by atoms with Crippen LogP contribution in [0.1, 0.15) is 33.6 Å². The van der Waals surface area contributed by atoms with Crippen LogP contribution in [0.15, 0.2) is 0 Å². The average Bonchev–Trinajstić information content (AvgIpc) is 2.60. The highest BCUT2D eigenvalue weighted by molar-refractivity contribution is 7.99. The Morgan fingerprint density at radius 1 is 1.40 bits per heavy atom. The second-order valence-electron chi connectivity index (χ2n) is 5.46. The zero-order valence-corrected chi connectivity index (χ0v) is 11.5. The molecule has 1 N–H and O–H groups in total. The van der Waals surface area contributed by atoms with Crippen molar-refractivity contribution in [2.75, 3.05) is 18.1 Å². The fourth-order valence-electron chi connectivity index (χ4n) is 2.53. The van der Waals surface area contributed by atoms with Crippen LogP contribution in [-0.2, 0) is 4.74 Å². The number of rotatable bonds is 2. The van der Waals surface area contributed by atoms with Crippen molar-refractivity contribution in [2.24, 2.45) is 5.92 Å². The lowest BCUT2D eigenvalue weighted by atomic mass is 9.96. The third kappa shape index (κ3) is 3.52. The highest BCUT2D eigenvalue weighted by Crippen LogP contribution is 2.34. The van der Waals surface area contributed by atoms with Gasteiger partial charge in [-0.05, 0) is 51.0 Å². The van der Waals surface area contributed by atoms with E-state index in [9.17, 15) is 0 Å². The van der Waals surface area contributed by atoms with Crippen molar-refractivity contribution in [1.82, 2.24) is 5.32 Å². The number of thioether (sulfide) groups is 1. The van der Waals surface area contributed by atoms with Gasteiger partial charge in [0.25, 0.3) is 0 Å². The Kier molecular flexibility index (Phi) is 4.38. The second kappa shape index (κ2) is 4.82. The molecule has 2 fully saturated rings. The summed E-state index contributed by atoms with van der Waals surface area (Å²) in [4.78, 5) is 0. The van der Waals surface area contributed by atoms with E-state index in [-0.39, 0.29) is 23.7 Å². The van der Waals surface area contributed by atoms with Gasteiger partial charge in [0.15, 0.2) is 0 Å². The fraction of sp³-hybridized carbons (Fsp3) is 1.00. The van der Waals surface area contributed by atoms with E-state index < -0.39 is 0 Å². The minimum atomic E-state index is -0.0704. The van der Waals surface area contributed by atoms with Crippen LogP contribution in [0.4, 0.5) is 0 Å². The van der Waals surface area contributed by atoms with Gasteiger partial charge < -0.3 is 4.74 Å². The molecule has 4 heteroatoms. The summed E-state index contributed by atoms with van der Waals surface area (Å²) in [6, 6.07) is 0. The second-order valence-corrected chi connectivity index (χ2v) is 6.61. The largest absolute Gasteiger partial charge is 0.359 e. The molecule has 2 atom stereocenters. The highest BCUT2D eigenvalue weighted by atomic mass is 35.5. The van der Waals surface area contributed by atoms with Gasteiger partial charge in [-0.1, -0.05) is 0 Å². The molecule has 0 saturated carbocycles. The highest BCUT2D eigenvalue weighted by Gasteiger charge is 2.41. The summed E-state index contributed by atoms with van der Waals surface area (Å²) < 4.78 is 5.90. The molecule has 2 aliphatic heterocycles. The average molecular weight is 252 g/mol. The maximum atomic E-state index is 5.90. The quantitative estimate of drug-likeness (QED) is 0.816. The van der Waals surface area contributed by atoms with E-state index in [1.807, 2.05) is 0 Å². The first-order valence-electron chi connectivity index (χ1n) is 5.50. The van der Waals surface area contributed by atoms with Gasteiger partial charge >= 0.3 is 0 Å². The van der Waals surface area contributed by atoms with E-state index in [1.54, 1.807) is 0 Å². The molecule has 0 aromatic heterocycles. The Labute approximate surface area is 103 Å². The molecule has 0 spiro atoms. The van der Waals surface area contributed by atoms with Gasteiger partial charge in [-0.15, -0.1) is 12.4 Å². The first kappa shape index (κ1) is 13.6.